The van der Waals surface area contributed by atoms with Crippen LogP contribution in [-0.2, 0) is 0 Å². The molecule has 6 heteroatoms. The van der Waals surface area contributed by atoms with Crippen LogP contribution in [0, 0.1) is 0 Å². The van der Waals surface area contributed by atoms with Crippen molar-refractivity contribution in [3.05, 3.63) is 60.2 Å². The Morgan fingerprint density at radius 1 is 1.17 bits per heavy atom. The van der Waals surface area contributed by atoms with E-state index in [0.717, 1.165) is 16.9 Å². The van der Waals surface area contributed by atoms with E-state index in [2.05, 4.69) is 10.1 Å². The second kappa shape index (κ2) is 6.13. The zero-order chi connectivity index (χ0) is 16.5. The van der Waals surface area contributed by atoms with Crippen molar-refractivity contribution in [3.63, 3.8) is 0 Å². The van der Waals surface area contributed by atoms with Gasteiger partial charge in [0.1, 0.15) is 5.75 Å². The molecular weight excluding hydrogens is 322 g/mol. The average molecular weight is 337 g/mol. The van der Waals surface area contributed by atoms with E-state index in [-0.39, 0.29) is 11.2 Å². The normalized spacial score (nSPS) is 16.7. The highest BCUT2D eigenvalue weighted by molar-refractivity contribution is 7.99. The van der Waals surface area contributed by atoms with E-state index in [1.807, 2.05) is 54.6 Å². The van der Waals surface area contributed by atoms with Gasteiger partial charge in [0.05, 0.1) is 7.11 Å². The van der Waals surface area contributed by atoms with Gasteiger partial charge in [-0.3, -0.25) is 4.79 Å². The van der Waals surface area contributed by atoms with Gasteiger partial charge in [-0.15, -0.1) is 5.10 Å². The highest BCUT2D eigenvalue weighted by Gasteiger charge is 2.30. The van der Waals surface area contributed by atoms with Crippen LogP contribution >= 0.6 is 11.8 Å². The molecule has 1 atom stereocenters. The summed E-state index contributed by atoms with van der Waals surface area (Å²) >= 11 is 1.58. The molecule has 0 amide bonds. The molecular formula is C18H15N3O2S. The summed E-state index contributed by atoms with van der Waals surface area (Å²) in [5.41, 5.74) is 1.97. The summed E-state index contributed by atoms with van der Waals surface area (Å²) in [6, 6.07) is 17.6. The highest BCUT2D eigenvalue weighted by Crippen LogP contribution is 2.41. The first-order chi connectivity index (χ1) is 11.7. The second-order valence-corrected chi connectivity index (χ2v) is 6.65. The number of methoxy groups -OCH3 is 1. The van der Waals surface area contributed by atoms with Crippen molar-refractivity contribution in [2.24, 2.45) is 0 Å². The van der Waals surface area contributed by atoms with Crippen molar-refractivity contribution in [2.75, 3.05) is 7.11 Å². The van der Waals surface area contributed by atoms with Crippen LogP contribution in [0.1, 0.15) is 22.0 Å². The van der Waals surface area contributed by atoms with Gasteiger partial charge in [-0.05, 0) is 17.7 Å². The lowest BCUT2D eigenvalue weighted by atomic mass is 10.1. The molecule has 0 spiro atoms. The second-order valence-electron chi connectivity index (χ2n) is 5.48. The molecule has 0 unspecified atom stereocenters. The van der Waals surface area contributed by atoms with Crippen LogP contribution in [0.4, 0.5) is 0 Å². The molecule has 0 aliphatic carbocycles. The number of thioether (sulfide) groups is 1. The fourth-order valence-electron chi connectivity index (χ4n) is 2.69. The molecule has 0 N–H and O–H groups in total. The van der Waals surface area contributed by atoms with Gasteiger partial charge in [0.25, 0.3) is 5.91 Å². The van der Waals surface area contributed by atoms with Crippen molar-refractivity contribution in [2.45, 2.75) is 16.8 Å². The summed E-state index contributed by atoms with van der Waals surface area (Å²) in [6.07, 6.45) is 0.419. The van der Waals surface area contributed by atoms with Crippen molar-refractivity contribution >= 4 is 17.7 Å². The molecule has 120 valence electrons. The van der Waals surface area contributed by atoms with Crippen molar-refractivity contribution in [3.8, 4) is 17.1 Å². The zero-order valence-electron chi connectivity index (χ0n) is 13.0. The monoisotopic (exact) mass is 337 g/mol. The summed E-state index contributed by atoms with van der Waals surface area (Å²) in [5.74, 6) is 1.25. The zero-order valence-corrected chi connectivity index (χ0v) is 13.9. The molecule has 0 bridgehead atoms. The minimum atomic E-state index is -0.0285. The number of aromatic nitrogens is 3. The van der Waals surface area contributed by atoms with E-state index in [1.165, 1.54) is 4.68 Å². The molecule has 3 aromatic rings. The lowest BCUT2D eigenvalue weighted by Gasteiger charge is -2.20. The molecule has 0 fully saturated rings. The smallest absolute Gasteiger partial charge is 0.250 e. The molecule has 5 nitrogen and oxygen atoms in total. The Hall–Kier alpha value is -2.60. The van der Waals surface area contributed by atoms with E-state index in [1.54, 1.807) is 18.9 Å². The first-order valence-corrected chi connectivity index (χ1v) is 8.49. The van der Waals surface area contributed by atoms with Gasteiger partial charge >= 0.3 is 0 Å². The number of rotatable bonds is 3. The lowest BCUT2D eigenvalue weighted by Crippen LogP contribution is -2.20. The van der Waals surface area contributed by atoms with E-state index in [9.17, 15) is 4.79 Å². The van der Waals surface area contributed by atoms with Crippen molar-refractivity contribution < 1.29 is 9.53 Å². The third kappa shape index (κ3) is 2.69. The molecule has 4 rings (SSSR count). The number of carbonyl (C=O) groups is 1. The Kier molecular flexibility index (Phi) is 3.82. The average Bonchev–Trinajstić information content (AvgIpc) is 3.07. The first kappa shape index (κ1) is 15.0. The van der Waals surface area contributed by atoms with Gasteiger partial charge in [-0.25, -0.2) is 4.98 Å². The summed E-state index contributed by atoms with van der Waals surface area (Å²) in [7, 11) is 1.62. The molecule has 0 radical (unpaired) electrons. The summed E-state index contributed by atoms with van der Waals surface area (Å²) in [4.78, 5) is 17.0. The number of fused-ring (bicyclic) bond motifs is 1. The molecule has 1 aliphatic heterocycles. The maximum Gasteiger partial charge on any atom is 0.250 e. The molecule has 2 aromatic carbocycles. The van der Waals surface area contributed by atoms with E-state index >= 15 is 0 Å². The van der Waals surface area contributed by atoms with E-state index in [4.69, 9.17) is 4.74 Å². The Morgan fingerprint density at radius 3 is 2.79 bits per heavy atom. The maximum atomic E-state index is 12.5. The molecule has 0 saturated heterocycles. The van der Waals surface area contributed by atoms with Crippen LogP contribution in [0.25, 0.3) is 11.4 Å². The topological polar surface area (TPSA) is 57.0 Å². The van der Waals surface area contributed by atoms with Gasteiger partial charge in [0, 0.05) is 17.2 Å². The van der Waals surface area contributed by atoms with Crippen molar-refractivity contribution in [1.29, 1.82) is 0 Å². The van der Waals surface area contributed by atoms with Crippen LogP contribution in [0.15, 0.2) is 59.8 Å². The van der Waals surface area contributed by atoms with Crippen LogP contribution in [0.2, 0.25) is 0 Å². The van der Waals surface area contributed by atoms with Crippen LogP contribution in [0.3, 0.4) is 0 Å². The van der Waals surface area contributed by atoms with E-state index in [0.29, 0.717) is 17.4 Å². The third-order valence-corrected chi connectivity index (χ3v) is 5.12. The summed E-state index contributed by atoms with van der Waals surface area (Å²) in [6.45, 7) is 0. The first-order valence-electron chi connectivity index (χ1n) is 7.61. The summed E-state index contributed by atoms with van der Waals surface area (Å²) in [5, 5.41) is 5.10. The van der Waals surface area contributed by atoms with Gasteiger partial charge in [-0.1, -0.05) is 54.2 Å². The standard InChI is InChI=1S/C18H15N3O2S/c1-23-14-9-5-8-13(10-14)17-19-18-21(20-17)16(22)11-15(24-18)12-6-3-2-4-7-12/h2-10,15H,11H2,1H3/t15-/m1/s1. The Labute approximate surface area is 143 Å². The number of hydrogen-bond donors (Lipinski definition) is 0. The quantitative estimate of drug-likeness (QED) is 0.727. The predicted octanol–water partition coefficient (Wildman–Crippen LogP) is 3.83. The Bertz CT molecular complexity index is 892. The van der Waals surface area contributed by atoms with Crippen molar-refractivity contribution in [1.82, 2.24) is 14.8 Å². The molecule has 0 saturated carbocycles. The SMILES string of the molecule is COc1cccc(-c2nc3n(n2)C(=O)C[C@H](c2ccccc2)S3)c1. The summed E-state index contributed by atoms with van der Waals surface area (Å²) < 4.78 is 6.66. The Morgan fingerprint density at radius 2 is 2.00 bits per heavy atom. The van der Waals surface area contributed by atoms with Crippen LogP contribution < -0.4 is 4.74 Å². The minimum absolute atomic E-state index is 0.0285. The number of ether oxygens (including phenoxy) is 1. The van der Waals surface area contributed by atoms with E-state index < -0.39 is 0 Å². The largest absolute Gasteiger partial charge is 0.497 e. The van der Waals surface area contributed by atoms with Gasteiger partial charge in [-0.2, -0.15) is 4.68 Å². The molecule has 1 aromatic heterocycles. The predicted molar refractivity (Wildman–Crippen MR) is 92.3 cm³/mol. The number of hydrogen-bond acceptors (Lipinski definition) is 5. The number of benzene rings is 2. The minimum Gasteiger partial charge on any atom is -0.497 e. The lowest BCUT2D eigenvalue weighted by molar-refractivity contribution is 0.0868. The molecule has 2 heterocycles. The number of nitrogens with zero attached hydrogens (tertiary/aromatic N) is 3. The van der Waals surface area contributed by atoms with Gasteiger partial charge < -0.3 is 4.74 Å². The Balaban J connectivity index is 1.68. The highest BCUT2D eigenvalue weighted by atomic mass is 32.2. The fourth-order valence-corrected chi connectivity index (χ4v) is 3.84. The molecule has 1 aliphatic rings. The maximum absolute atomic E-state index is 12.5. The van der Waals surface area contributed by atoms with Gasteiger partial charge in [0.2, 0.25) is 0 Å². The fraction of sp³-hybridized carbons (Fsp3) is 0.167. The van der Waals surface area contributed by atoms with Crippen LogP contribution in [-0.4, -0.2) is 27.8 Å². The van der Waals surface area contributed by atoms with Crippen LogP contribution in [0.5, 0.6) is 5.75 Å². The van der Waals surface area contributed by atoms with Gasteiger partial charge in [0.15, 0.2) is 11.0 Å². The number of carbonyl (C=O) groups excluding carboxylic acids is 1. The molecule has 24 heavy (non-hydrogen) atoms. The third-order valence-electron chi connectivity index (χ3n) is 3.92.